The Balaban J connectivity index is 1.56. The molecule has 0 bridgehead atoms. The van der Waals surface area contributed by atoms with Crippen molar-refractivity contribution >= 4 is 11.8 Å². The fourth-order valence-corrected chi connectivity index (χ4v) is 3.46. The Hall–Kier alpha value is -2.68. The first-order valence-electron chi connectivity index (χ1n) is 9.19. The zero-order chi connectivity index (χ0) is 19.2. The summed E-state index contributed by atoms with van der Waals surface area (Å²) in [6, 6.07) is 4.98. The van der Waals surface area contributed by atoms with Crippen molar-refractivity contribution in [1.82, 2.24) is 9.80 Å². The molecule has 1 fully saturated rings. The molecular weight excluding hydrogens is 354 g/mol. The van der Waals surface area contributed by atoms with Crippen molar-refractivity contribution in [3.8, 4) is 5.75 Å². The van der Waals surface area contributed by atoms with E-state index in [-0.39, 0.29) is 25.1 Å². The van der Waals surface area contributed by atoms with E-state index >= 15 is 0 Å². The molecule has 2 aliphatic heterocycles. The lowest BCUT2D eigenvalue weighted by atomic mass is 10.1. The Kier molecular flexibility index (Phi) is 6.23. The molecule has 3 rings (SSSR count). The van der Waals surface area contributed by atoms with Crippen molar-refractivity contribution in [1.29, 1.82) is 0 Å². The molecule has 1 aromatic carbocycles. The number of carbonyl (C=O) groups is 2. The number of likely N-dealkylation sites (tertiary alicyclic amines) is 1. The van der Waals surface area contributed by atoms with E-state index in [1.165, 1.54) is 12.8 Å². The van der Waals surface area contributed by atoms with Gasteiger partial charge in [-0.15, -0.1) is 10.1 Å². The number of benzene rings is 1. The summed E-state index contributed by atoms with van der Waals surface area (Å²) in [6.45, 7) is 3.59. The molecule has 146 valence electrons. The van der Waals surface area contributed by atoms with E-state index in [2.05, 4.69) is 9.74 Å². The van der Waals surface area contributed by atoms with Crippen LogP contribution in [0.3, 0.4) is 0 Å². The first-order valence-corrected chi connectivity index (χ1v) is 9.19. The van der Waals surface area contributed by atoms with Gasteiger partial charge in [-0.2, -0.15) is 0 Å². The highest BCUT2D eigenvalue weighted by molar-refractivity contribution is 6.22. The van der Waals surface area contributed by atoms with Crippen LogP contribution >= 0.6 is 0 Å². The second-order valence-electron chi connectivity index (χ2n) is 6.60. The first kappa shape index (κ1) is 19.1. The predicted octanol–water partition coefficient (Wildman–Crippen LogP) is 1.75. The summed E-state index contributed by atoms with van der Waals surface area (Å²) in [5, 5.41) is 9.28. The number of nitrogens with zero attached hydrogens (tertiary/aromatic N) is 3. The maximum absolute atomic E-state index is 12.6. The Morgan fingerprint density at radius 3 is 2.52 bits per heavy atom. The maximum atomic E-state index is 12.6. The van der Waals surface area contributed by atoms with Gasteiger partial charge in [0.25, 0.3) is 16.9 Å². The normalized spacial score (nSPS) is 16.7. The molecule has 9 nitrogen and oxygen atoms in total. The van der Waals surface area contributed by atoms with Crippen molar-refractivity contribution in [3.63, 3.8) is 0 Å². The molecule has 27 heavy (non-hydrogen) atoms. The van der Waals surface area contributed by atoms with Crippen LogP contribution in [0.1, 0.15) is 46.4 Å². The average molecular weight is 377 g/mol. The molecule has 2 heterocycles. The van der Waals surface area contributed by atoms with Crippen LogP contribution in [0.15, 0.2) is 18.2 Å². The summed E-state index contributed by atoms with van der Waals surface area (Å²) in [5.41, 5.74) is 0.589. The van der Waals surface area contributed by atoms with E-state index in [0.29, 0.717) is 17.9 Å². The van der Waals surface area contributed by atoms with Crippen LogP contribution in [0, 0.1) is 10.1 Å². The van der Waals surface area contributed by atoms with Gasteiger partial charge in [-0.3, -0.25) is 14.5 Å². The maximum Gasteiger partial charge on any atom is 0.294 e. The lowest BCUT2D eigenvalue weighted by molar-refractivity contribution is -0.757. The summed E-state index contributed by atoms with van der Waals surface area (Å²) in [7, 11) is 0. The highest BCUT2D eigenvalue weighted by Crippen LogP contribution is 2.31. The molecule has 0 spiro atoms. The van der Waals surface area contributed by atoms with Gasteiger partial charge in [0.05, 0.1) is 24.3 Å². The third-order valence-electron chi connectivity index (χ3n) is 4.76. The summed E-state index contributed by atoms with van der Waals surface area (Å²) in [6.07, 6.45) is 3.53. The molecule has 0 radical (unpaired) electrons. The van der Waals surface area contributed by atoms with Crippen LogP contribution in [-0.2, 0) is 4.84 Å². The third-order valence-corrected chi connectivity index (χ3v) is 4.76. The highest BCUT2D eigenvalue weighted by Gasteiger charge is 2.37. The van der Waals surface area contributed by atoms with Crippen molar-refractivity contribution in [3.05, 3.63) is 39.4 Å². The topological polar surface area (TPSA) is 102 Å². The molecular formula is C18H23N3O6. The third kappa shape index (κ3) is 4.54. The Bertz CT molecular complexity index is 717. The van der Waals surface area contributed by atoms with Gasteiger partial charge in [0.2, 0.25) is 0 Å². The van der Waals surface area contributed by atoms with Crippen molar-refractivity contribution < 1.29 is 24.3 Å². The van der Waals surface area contributed by atoms with Crippen molar-refractivity contribution in [2.45, 2.75) is 25.7 Å². The minimum absolute atomic E-state index is 0.0641. The van der Waals surface area contributed by atoms with Gasteiger partial charge < -0.3 is 14.5 Å². The Labute approximate surface area is 156 Å². The first-order chi connectivity index (χ1) is 13.1. The Morgan fingerprint density at radius 1 is 1.04 bits per heavy atom. The zero-order valence-corrected chi connectivity index (χ0v) is 15.1. The fourth-order valence-electron chi connectivity index (χ4n) is 3.46. The van der Waals surface area contributed by atoms with Crippen LogP contribution < -0.4 is 4.74 Å². The van der Waals surface area contributed by atoms with Crippen molar-refractivity contribution in [2.75, 3.05) is 39.4 Å². The molecule has 0 aliphatic carbocycles. The lowest BCUT2D eigenvalue weighted by Gasteiger charge is -2.15. The summed E-state index contributed by atoms with van der Waals surface area (Å²) < 4.78 is 5.79. The minimum atomic E-state index is -0.892. The van der Waals surface area contributed by atoms with Gasteiger partial charge in [-0.1, -0.05) is 6.07 Å². The van der Waals surface area contributed by atoms with Crippen molar-refractivity contribution in [2.24, 2.45) is 0 Å². The van der Waals surface area contributed by atoms with Crippen LogP contribution in [-0.4, -0.2) is 66.1 Å². The summed E-state index contributed by atoms with van der Waals surface area (Å²) in [5.74, 6) is -0.416. The van der Waals surface area contributed by atoms with E-state index in [9.17, 15) is 19.7 Å². The van der Waals surface area contributed by atoms with Crippen LogP contribution in [0.5, 0.6) is 5.75 Å². The summed E-state index contributed by atoms with van der Waals surface area (Å²) >= 11 is 0. The second kappa shape index (κ2) is 8.81. The largest absolute Gasteiger partial charge is 0.493 e. The van der Waals surface area contributed by atoms with Crippen LogP contribution in [0.4, 0.5) is 0 Å². The molecule has 1 aromatic rings. The van der Waals surface area contributed by atoms with Crippen LogP contribution in [0.2, 0.25) is 0 Å². The molecule has 0 unspecified atom stereocenters. The number of fused-ring (bicyclic) bond motifs is 1. The van der Waals surface area contributed by atoms with E-state index < -0.39 is 16.9 Å². The number of carbonyl (C=O) groups excluding carboxylic acids is 2. The number of imide groups is 1. The Morgan fingerprint density at radius 2 is 1.78 bits per heavy atom. The number of rotatable bonds is 10. The van der Waals surface area contributed by atoms with Gasteiger partial charge in [-0.25, -0.2) is 0 Å². The SMILES string of the molecule is O=C1c2cccc(OCCCN3CCCC3)c2C(=O)N1CCCO[N+](=O)[O-]. The average Bonchev–Trinajstić information content (AvgIpc) is 3.24. The molecule has 0 saturated carbocycles. The molecule has 2 amide bonds. The van der Waals surface area contributed by atoms with Gasteiger partial charge in [-0.05, 0) is 50.9 Å². The van der Waals surface area contributed by atoms with Gasteiger partial charge in [0.15, 0.2) is 0 Å². The molecule has 2 aliphatic rings. The molecule has 9 heteroatoms. The summed E-state index contributed by atoms with van der Waals surface area (Å²) in [4.78, 5) is 43.0. The van der Waals surface area contributed by atoms with E-state index in [0.717, 1.165) is 31.0 Å². The monoisotopic (exact) mass is 377 g/mol. The number of amides is 2. The standard InChI is InChI=1S/C18H23N3O6/c22-17-14-6-3-7-15(26-12-4-10-19-8-1-2-9-19)16(14)18(23)20(17)11-5-13-27-21(24)25/h3,6-7H,1-2,4-5,8-13H2. The predicted molar refractivity (Wildman–Crippen MR) is 95.2 cm³/mol. The quantitative estimate of drug-likeness (QED) is 0.265. The van der Waals surface area contributed by atoms with Gasteiger partial charge >= 0.3 is 0 Å². The fraction of sp³-hybridized carbons (Fsp3) is 0.556. The highest BCUT2D eigenvalue weighted by atomic mass is 16.9. The second-order valence-corrected chi connectivity index (χ2v) is 6.60. The van der Waals surface area contributed by atoms with E-state index in [1.807, 2.05) is 0 Å². The smallest absolute Gasteiger partial charge is 0.294 e. The molecule has 1 saturated heterocycles. The lowest BCUT2D eigenvalue weighted by Crippen LogP contribution is -2.31. The molecule has 0 aromatic heterocycles. The van der Waals surface area contributed by atoms with E-state index in [4.69, 9.17) is 4.74 Å². The van der Waals surface area contributed by atoms with Crippen LogP contribution in [0.25, 0.3) is 0 Å². The number of ether oxygens (including phenoxy) is 1. The van der Waals surface area contributed by atoms with Gasteiger partial charge in [0, 0.05) is 13.1 Å². The van der Waals surface area contributed by atoms with E-state index in [1.54, 1.807) is 18.2 Å². The zero-order valence-electron chi connectivity index (χ0n) is 15.1. The number of hydrogen-bond acceptors (Lipinski definition) is 7. The minimum Gasteiger partial charge on any atom is -0.493 e. The number of hydrogen-bond donors (Lipinski definition) is 0. The molecule has 0 N–H and O–H groups in total. The molecule has 0 atom stereocenters. The van der Waals surface area contributed by atoms with Gasteiger partial charge in [0.1, 0.15) is 5.75 Å².